The first-order chi connectivity index (χ1) is 10.9. The normalized spacial score (nSPS) is 18.9. The standard InChI is InChI=1S/C16H18FN3O2S/c1-16(2)6-11(10-4-3-9(17)5-13(10)22-16)20-15(21)12-8-23-14(7-18)19-12/h3-5,8,11H,6-7,18H2,1-2H3,(H,20,21)/t11-/m1/s1. The maximum absolute atomic E-state index is 13.5. The molecule has 1 aliphatic heterocycles. The zero-order valence-corrected chi connectivity index (χ0v) is 13.7. The molecule has 0 fully saturated rings. The Labute approximate surface area is 137 Å². The Morgan fingerprint density at radius 3 is 3.04 bits per heavy atom. The molecule has 2 heterocycles. The molecule has 3 N–H and O–H groups in total. The van der Waals surface area contributed by atoms with Crippen molar-refractivity contribution in [3.63, 3.8) is 0 Å². The summed E-state index contributed by atoms with van der Waals surface area (Å²) in [7, 11) is 0. The topological polar surface area (TPSA) is 77.2 Å². The number of benzene rings is 1. The van der Waals surface area contributed by atoms with Crippen molar-refractivity contribution in [2.75, 3.05) is 0 Å². The number of thiazole rings is 1. The number of nitrogens with one attached hydrogen (secondary N) is 1. The molecule has 7 heteroatoms. The molecule has 0 saturated carbocycles. The second-order valence-corrected chi connectivity index (χ2v) is 7.05. The number of hydrogen-bond donors (Lipinski definition) is 2. The third-order valence-corrected chi connectivity index (χ3v) is 4.57. The number of nitrogens with two attached hydrogens (primary N) is 1. The predicted octanol–water partition coefficient (Wildman–Crippen LogP) is 2.77. The maximum atomic E-state index is 13.5. The first-order valence-corrected chi connectivity index (χ1v) is 8.20. The van der Waals surface area contributed by atoms with E-state index in [9.17, 15) is 9.18 Å². The van der Waals surface area contributed by atoms with Gasteiger partial charge in [0.15, 0.2) is 0 Å². The number of carbonyl (C=O) groups excluding carboxylic acids is 1. The van der Waals surface area contributed by atoms with Gasteiger partial charge in [-0.2, -0.15) is 0 Å². The Hall–Kier alpha value is -1.99. The molecule has 1 aromatic carbocycles. The van der Waals surface area contributed by atoms with E-state index in [1.807, 2.05) is 13.8 Å². The number of ether oxygens (including phenoxy) is 1. The summed E-state index contributed by atoms with van der Waals surface area (Å²) in [6.45, 7) is 4.13. The van der Waals surface area contributed by atoms with E-state index in [4.69, 9.17) is 10.5 Å². The molecular formula is C16H18FN3O2S. The highest BCUT2D eigenvalue weighted by Crippen LogP contribution is 2.39. The zero-order chi connectivity index (χ0) is 16.6. The predicted molar refractivity (Wildman–Crippen MR) is 85.9 cm³/mol. The van der Waals surface area contributed by atoms with Crippen LogP contribution in [0.15, 0.2) is 23.6 Å². The first-order valence-electron chi connectivity index (χ1n) is 7.32. The van der Waals surface area contributed by atoms with Gasteiger partial charge in [-0.15, -0.1) is 11.3 Å². The monoisotopic (exact) mass is 335 g/mol. The van der Waals surface area contributed by atoms with E-state index in [-0.39, 0.29) is 17.8 Å². The molecule has 122 valence electrons. The Bertz CT molecular complexity index is 745. The lowest BCUT2D eigenvalue weighted by Gasteiger charge is -2.37. The van der Waals surface area contributed by atoms with Gasteiger partial charge in [0.1, 0.15) is 27.9 Å². The van der Waals surface area contributed by atoms with Crippen molar-refractivity contribution in [1.29, 1.82) is 0 Å². The number of aromatic nitrogens is 1. The van der Waals surface area contributed by atoms with Crippen molar-refractivity contribution in [2.45, 2.75) is 38.5 Å². The van der Waals surface area contributed by atoms with Crippen LogP contribution in [0.4, 0.5) is 4.39 Å². The summed E-state index contributed by atoms with van der Waals surface area (Å²) in [6, 6.07) is 4.11. The summed E-state index contributed by atoms with van der Waals surface area (Å²) in [5, 5.41) is 5.37. The van der Waals surface area contributed by atoms with Gasteiger partial charge >= 0.3 is 0 Å². The fraction of sp³-hybridized carbons (Fsp3) is 0.375. The molecule has 5 nitrogen and oxygen atoms in total. The average Bonchev–Trinajstić information content (AvgIpc) is 2.94. The Morgan fingerprint density at radius 1 is 1.57 bits per heavy atom. The number of amides is 1. The molecule has 0 saturated heterocycles. The molecule has 0 bridgehead atoms. The van der Waals surface area contributed by atoms with Crippen LogP contribution in [0.25, 0.3) is 0 Å². The summed E-state index contributed by atoms with van der Waals surface area (Å²) >= 11 is 1.36. The van der Waals surface area contributed by atoms with Crippen LogP contribution in [0.1, 0.15) is 47.4 Å². The number of rotatable bonds is 3. The number of carbonyl (C=O) groups is 1. The highest BCUT2D eigenvalue weighted by molar-refractivity contribution is 7.09. The molecule has 1 aromatic heterocycles. The smallest absolute Gasteiger partial charge is 0.271 e. The van der Waals surface area contributed by atoms with Gasteiger partial charge in [-0.3, -0.25) is 4.79 Å². The molecular weight excluding hydrogens is 317 g/mol. The highest BCUT2D eigenvalue weighted by atomic mass is 32.1. The Balaban J connectivity index is 1.86. The quantitative estimate of drug-likeness (QED) is 0.904. The molecule has 1 atom stereocenters. The van der Waals surface area contributed by atoms with E-state index in [1.54, 1.807) is 11.4 Å². The molecule has 0 aliphatic carbocycles. The minimum atomic E-state index is -0.497. The lowest BCUT2D eigenvalue weighted by atomic mass is 9.89. The van der Waals surface area contributed by atoms with Gasteiger partial charge in [-0.05, 0) is 19.9 Å². The Morgan fingerprint density at radius 2 is 2.35 bits per heavy atom. The summed E-state index contributed by atoms with van der Waals surface area (Å²) in [5.41, 5.74) is 6.15. The van der Waals surface area contributed by atoms with E-state index in [0.29, 0.717) is 29.4 Å². The van der Waals surface area contributed by atoms with E-state index in [2.05, 4.69) is 10.3 Å². The van der Waals surface area contributed by atoms with Gasteiger partial charge in [0.25, 0.3) is 5.91 Å². The van der Waals surface area contributed by atoms with E-state index < -0.39 is 5.60 Å². The van der Waals surface area contributed by atoms with Gasteiger partial charge < -0.3 is 15.8 Å². The van der Waals surface area contributed by atoms with Crippen LogP contribution < -0.4 is 15.8 Å². The van der Waals surface area contributed by atoms with Crippen LogP contribution in [0.5, 0.6) is 5.75 Å². The fourth-order valence-corrected chi connectivity index (χ4v) is 3.35. The number of halogens is 1. The second-order valence-electron chi connectivity index (χ2n) is 6.10. The molecule has 0 spiro atoms. The first kappa shape index (κ1) is 15.9. The van der Waals surface area contributed by atoms with Crippen molar-refractivity contribution in [3.8, 4) is 5.75 Å². The number of fused-ring (bicyclic) bond motifs is 1. The molecule has 3 rings (SSSR count). The minimum absolute atomic E-state index is 0.259. The minimum Gasteiger partial charge on any atom is -0.487 e. The molecule has 0 unspecified atom stereocenters. The van der Waals surface area contributed by atoms with Crippen LogP contribution >= 0.6 is 11.3 Å². The molecule has 0 radical (unpaired) electrons. The fourth-order valence-electron chi connectivity index (χ4n) is 2.70. The number of nitrogens with zero attached hydrogens (tertiary/aromatic N) is 1. The molecule has 1 amide bonds. The molecule has 2 aromatic rings. The highest BCUT2D eigenvalue weighted by Gasteiger charge is 2.35. The van der Waals surface area contributed by atoms with Crippen molar-refractivity contribution < 1.29 is 13.9 Å². The van der Waals surface area contributed by atoms with Gasteiger partial charge in [0.05, 0.1) is 6.04 Å². The van der Waals surface area contributed by atoms with Crippen LogP contribution in [-0.4, -0.2) is 16.5 Å². The number of hydrogen-bond acceptors (Lipinski definition) is 5. The van der Waals surface area contributed by atoms with Crippen LogP contribution in [-0.2, 0) is 6.54 Å². The van der Waals surface area contributed by atoms with Crippen molar-refractivity contribution >= 4 is 17.2 Å². The van der Waals surface area contributed by atoms with Gasteiger partial charge in [-0.25, -0.2) is 9.37 Å². The second kappa shape index (κ2) is 5.90. The molecule has 23 heavy (non-hydrogen) atoms. The summed E-state index contributed by atoms with van der Waals surface area (Å²) < 4.78 is 19.3. The third kappa shape index (κ3) is 3.35. The average molecular weight is 335 g/mol. The van der Waals surface area contributed by atoms with Crippen molar-refractivity contribution in [1.82, 2.24) is 10.3 Å². The Kier molecular flexibility index (Phi) is 4.08. The SMILES string of the molecule is CC1(C)C[C@@H](NC(=O)c2csc(CN)n2)c2ccc(F)cc2O1. The van der Waals surface area contributed by atoms with Gasteiger partial charge in [0, 0.05) is 30.0 Å². The molecule has 1 aliphatic rings. The third-order valence-electron chi connectivity index (χ3n) is 3.70. The largest absolute Gasteiger partial charge is 0.487 e. The van der Waals surface area contributed by atoms with Gasteiger partial charge in [-0.1, -0.05) is 6.07 Å². The summed E-state index contributed by atoms with van der Waals surface area (Å²) in [4.78, 5) is 16.6. The van der Waals surface area contributed by atoms with E-state index in [1.165, 1.54) is 23.5 Å². The van der Waals surface area contributed by atoms with Crippen LogP contribution in [0.3, 0.4) is 0 Å². The van der Waals surface area contributed by atoms with Crippen molar-refractivity contribution in [2.24, 2.45) is 5.73 Å². The lowest BCUT2D eigenvalue weighted by Crippen LogP contribution is -2.41. The summed E-state index contributed by atoms with van der Waals surface area (Å²) in [5.74, 6) is -0.162. The zero-order valence-electron chi connectivity index (χ0n) is 12.9. The lowest BCUT2D eigenvalue weighted by molar-refractivity contribution is 0.0615. The van der Waals surface area contributed by atoms with Crippen LogP contribution in [0.2, 0.25) is 0 Å². The maximum Gasteiger partial charge on any atom is 0.271 e. The van der Waals surface area contributed by atoms with E-state index in [0.717, 1.165) is 5.56 Å². The van der Waals surface area contributed by atoms with E-state index >= 15 is 0 Å². The van der Waals surface area contributed by atoms with Crippen molar-refractivity contribution in [3.05, 3.63) is 45.7 Å². The van der Waals surface area contributed by atoms with Crippen LogP contribution in [0, 0.1) is 5.82 Å². The summed E-state index contributed by atoms with van der Waals surface area (Å²) in [6.07, 6.45) is 0.589. The van der Waals surface area contributed by atoms with Gasteiger partial charge in [0.2, 0.25) is 0 Å².